The number of benzene rings is 1. The molecule has 71 valence electrons. The maximum absolute atomic E-state index is 11.4. The molecular formula is C11H15O2. The average Bonchev–Trinajstić information content (AvgIpc) is 2.19. The van der Waals surface area contributed by atoms with E-state index in [2.05, 4.69) is 6.92 Å². The summed E-state index contributed by atoms with van der Waals surface area (Å²) in [7, 11) is 0. The van der Waals surface area contributed by atoms with Crippen LogP contribution in [0.1, 0.15) is 31.6 Å². The van der Waals surface area contributed by atoms with E-state index in [-0.39, 0.29) is 0 Å². The Morgan fingerprint density at radius 1 is 1.31 bits per heavy atom. The van der Waals surface area contributed by atoms with Crippen molar-refractivity contribution in [2.24, 2.45) is 0 Å². The fraction of sp³-hybridized carbons (Fsp3) is 0.455. The van der Waals surface area contributed by atoms with Crippen LogP contribution < -0.4 is 0 Å². The normalized spacial score (nSPS) is 12.8. The van der Waals surface area contributed by atoms with Gasteiger partial charge < -0.3 is 4.74 Å². The Kier molecular flexibility index (Phi) is 4.50. The van der Waals surface area contributed by atoms with Crippen LogP contribution in [0.15, 0.2) is 30.3 Å². The minimum absolute atomic E-state index is 0.555. The van der Waals surface area contributed by atoms with Gasteiger partial charge in [0.25, 0.3) is 0 Å². The van der Waals surface area contributed by atoms with E-state index in [4.69, 9.17) is 4.74 Å². The molecule has 0 aliphatic heterocycles. The summed E-state index contributed by atoms with van der Waals surface area (Å²) >= 11 is 0. The summed E-state index contributed by atoms with van der Waals surface area (Å²) in [5.74, 6) is 0. The van der Waals surface area contributed by atoms with E-state index in [0.717, 1.165) is 12.8 Å². The van der Waals surface area contributed by atoms with Crippen LogP contribution in [0.4, 0.5) is 0 Å². The van der Waals surface area contributed by atoms with Crippen LogP contribution in [0.2, 0.25) is 0 Å². The van der Waals surface area contributed by atoms with E-state index in [1.54, 1.807) is 12.1 Å². The Hall–Kier alpha value is -0.860. The van der Waals surface area contributed by atoms with E-state index < -0.39 is 6.29 Å². The molecule has 1 aromatic rings. The van der Waals surface area contributed by atoms with Crippen LogP contribution in [0.25, 0.3) is 0 Å². The second-order valence-corrected chi connectivity index (χ2v) is 2.97. The lowest BCUT2D eigenvalue weighted by atomic mass is 10.2. The van der Waals surface area contributed by atoms with E-state index >= 15 is 0 Å². The summed E-state index contributed by atoms with van der Waals surface area (Å²) in [4.78, 5) is 0. The van der Waals surface area contributed by atoms with Crippen molar-refractivity contribution in [1.82, 2.24) is 0 Å². The Morgan fingerprint density at radius 3 is 2.62 bits per heavy atom. The van der Waals surface area contributed by atoms with Gasteiger partial charge in [0.2, 0.25) is 6.29 Å². The third-order valence-corrected chi connectivity index (χ3v) is 1.84. The second kappa shape index (κ2) is 5.73. The molecule has 0 spiro atoms. The quantitative estimate of drug-likeness (QED) is 0.504. The predicted octanol–water partition coefficient (Wildman–Crippen LogP) is 2.93. The van der Waals surface area contributed by atoms with Gasteiger partial charge >= 0.3 is 0 Å². The van der Waals surface area contributed by atoms with Gasteiger partial charge in [-0.05, 0) is 6.42 Å². The van der Waals surface area contributed by atoms with Crippen molar-refractivity contribution in [3.8, 4) is 0 Å². The first-order chi connectivity index (χ1) is 6.34. The van der Waals surface area contributed by atoms with Crippen LogP contribution in [0.3, 0.4) is 0 Å². The van der Waals surface area contributed by atoms with Gasteiger partial charge in [-0.15, -0.1) is 0 Å². The molecule has 1 atom stereocenters. The van der Waals surface area contributed by atoms with Crippen LogP contribution in [0.5, 0.6) is 0 Å². The third-order valence-electron chi connectivity index (χ3n) is 1.84. The molecule has 0 aliphatic rings. The van der Waals surface area contributed by atoms with Gasteiger partial charge in [0.15, 0.2) is 0 Å². The van der Waals surface area contributed by atoms with Gasteiger partial charge in [0.1, 0.15) is 0 Å². The van der Waals surface area contributed by atoms with Crippen molar-refractivity contribution < 1.29 is 9.84 Å². The molecular weight excluding hydrogens is 164 g/mol. The van der Waals surface area contributed by atoms with Crippen molar-refractivity contribution in [2.75, 3.05) is 6.61 Å². The summed E-state index contributed by atoms with van der Waals surface area (Å²) in [5, 5.41) is 11.4. The molecule has 1 rings (SSSR count). The molecule has 0 fully saturated rings. The summed E-state index contributed by atoms with van der Waals surface area (Å²) in [5.41, 5.74) is 0.707. The van der Waals surface area contributed by atoms with Crippen LogP contribution in [-0.4, -0.2) is 6.61 Å². The molecule has 0 heterocycles. The number of rotatable bonds is 5. The number of hydrogen-bond donors (Lipinski definition) is 0. The van der Waals surface area contributed by atoms with E-state index in [1.165, 1.54) is 0 Å². The minimum Gasteiger partial charge on any atom is -0.346 e. The van der Waals surface area contributed by atoms with Gasteiger partial charge in [0.05, 0.1) is 6.61 Å². The van der Waals surface area contributed by atoms with Crippen molar-refractivity contribution in [2.45, 2.75) is 26.1 Å². The smallest absolute Gasteiger partial charge is 0.217 e. The highest BCUT2D eigenvalue weighted by atomic mass is 16.6. The molecule has 0 saturated carbocycles. The first-order valence-electron chi connectivity index (χ1n) is 4.67. The molecule has 0 N–H and O–H groups in total. The maximum atomic E-state index is 11.4. The fourth-order valence-corrected chi connectivity index (χ4v) is 1.04. The molecule has 0 amide bonds. The Morgan fingerprint density at radius 2 is 2.00 bits per heavy atom. The van der Waals surface area contributed by atoms with Gasteiger partial charge in [-0.3, -0.25) is 0 Å². The van der Waals surface area contributed by atoms with Gasteiger partial charge in [-0.25, -0.2) is 0 Å². The summed E-state index contributed by atoms with van der Waals surface area (Å²) in [6.45, 7) is 2.63. The molecule has 0 bridgehead atoms. The topological polar surface area (TPSA) is 29.1 Å². The summed E-state index contributed by atoms with van der Waals surface area (Å²) in [6, 6.07) is 9.18. The molecule has 2 heteroatoms. The zero-order valence-electron chi connectivity index (χ0n) is 7.90. The van der Waals surface area contributed by atoms with Crippen molar-refractivity contribution in [1.29, 1.82) is 0 Å². The van der Waals surface area contributed by atoms with Crippen molar-refractivity contribution >= 4 is 0 Å². The highest BCUT2D eigenvalue weighted by molar-refractivity contribution is 5.15. The number of ether oxygens (including phenoxy) is 1. The Balaban J connectivity index is 2.35. The third kappa shape index (κ3) is 3.57. The van der Waals surface area contributed by atoms with Crippen LogP contribution in [-0.2, 0) is 9.84 Å². The zero-order valence-corrected chi connectivity index (χ0v) is 7.90. The van der Waals surface area contributed by atoms with Crippen molar-refractivity contribution in [3.05, 3.63) is 35.9 Å². The minimum atomic E-state index is -1.02. The van der Waals surface area contributed by atoms with E-state index in [0.29, 0.717) is 12.2 Å². The second-order valence-electron chi connectivity index (χ2n) is 2.97. The molecule has 0 aromatic heterocycles. The first-order valence-corrected chi connectivity index (χ1v) is 4.67. The van der Waals surface area contributed by atoms with Gasteiger partial charge in [-0.2, -0.15) is 5.11 Å². The standard InChI is InChI=1S/C11H15O2/c1-2-3-9-13-11(12)10-7-5-4-6-8-10/h4-8,11H,2-3,9H2,1H3. The monoisotopic (exact) mass is 179 g/mol. The molecule has 0 saturated heterocycles. The number of hydrogen-bond acceptors (Lipinski definition) is 1. The lowest BCUT2D eigenvalue weighted by molar-refractivity contribution is -0.144. The van der Waals surface area contributed by atoms with Gasteiger partial charge in [-0.1, -0.05) is 43.7 Å². The largest absolute Gasteiger partial charge is 0.346 e. The molecule has 1 aromatic carbocycles. The fourth-order valence-electron chi connectivity index (χ4n) is 1.04. The molecule has 1 radical (unpaired) electrons. The first kappa shape index (κ1) is 10.2. The lowest BCUT2D eigenvalue weighted by Crippen LogP contribution is -2.02. The lowest BCUT2D eigenvalue weighted by Gasteiger charge is -2.08. The summed E-state index contributed by atoms with van der Waals surface area (Å²) in [6.07, 6.45) is 0.986. The molecule has 13 heavy (non-hydrogen) atoms. The van der Waals surface area contributed by atoms with Crippen LogP contribution >= 0.6 is 0 Å². The highest BCUT2D eigenvalue weighted by Crippen LogP contribution is 2.14. The Labute approximate surface area is 79.2 Å². The SMILES string of the molecule is CCCCOC([O])c1ccccc1. The molecule has 0 aliphatic carbocycles. The van der Waals surface area contributed by atoms with E-state index in [9.17, 15) is 5.11 Å². The van der Waals surface area contributed by atoms with Crippen LogP contribution in [0, 0.1) is 0 Å². The number of unbranched alkanes of at least 4 members (excludes halogenated alkanes) is 1. The average molecular weight is 179 g/mol. The van der Waals surface area contributed by atoms with Gasteiger partial charge in [0, 0.05) is 5.56 Å². The Bertz CT molecular complexity index is 221. The summed E-state index contributed by atoms with van der Waals surface area (Å²) < 4.78 is 5.11. The van der Waals surface area contributed by atoms with E-state index in [1.807, 2.05) is 18.2 Å². The molecule has 2 nitrogen and oxygen atoms in total. The molecule has 1 unspecified atom stereocenters. The predicted molar refractivity (Wildman–Crippen MR) is 50.7 cm³/mol. The van der Waals surface area contributed by atoms with Crippen molar-refractivity contribution in [3.63, 3.8) is 0 Å². The maximum Gasteiger partial charge on any atom is 0.217 e. The highest BCUT2D eigenvalue weighted by Gasteiger charge is 2.07. The zero-order chi connectivity index (χ0) is 9.52.